The number of halogens is 1. The highest BCUT2D eigenvalue weighted by molar-refractivity contribution is 6.30. The van der Waals surface area contributed by atoms with Crippen LogP contribution in [-0.4, -0.2) is 58.5 Å². The first-order valence-electron chi connectivity index (χ1n) is 10.5. The molecule has 0 atom stereocenters. The third-order valence-electron chi connectivity index (χ3n) is 5.40. The van der Waals surface area contributed by atoms with Crippen LogP contribution >= 0.6 is 11.6 Å². The number of imidazole rings is 1. The Bertz CT molecular complexity index is 889. The molecule has 2 N–H and O–H groups in total. The normalized spacial score (nSPS) is 15.3. The summed E-state index contributed by atoms with van der Waals surface area (Å²) in [6.07, 6.45) is 3.44. The van der Waals surface area contributed by atoms with Gasteiger partial charge in [-0.3, -0.25) is 9.59 Å². The van der Waals surface area contributed by atoms with Crippen LogP contribution in [-0.2, 0) is 22.7 Å². The van der Waals surface area contributed by atoms with Gasteiger partial charge in [-0.05, 0) is 51.0 Å². The number of carbonyl (C=O) groups is 2. The third kappa shape index (κ3) is 6.53. The first kappa shape index (κ1) is 23.2. The fourth-order valence-electron chi connectivity index (χ4n) is 3.65. The van der Waals surface area contributed by atoms with Crippen molar-refractivity contribution in [1.82, 2.24) is 19.8 Å². The van der Waals surface area contributed by atoms with Gasteiger partial charge in [0.15, 0.2) is 0 Å². The Morgan fingerprint density at radius 2 is 1.90 bits per heavy atom. The van der Waals surface area contributed by atoms with Gasteiger partial charge in [-0.25, -0.2) is 4.98 Å². The molecule has 0 unspecified atom stereocenters. The van der Waals surface area contributed by atoms with Crippen molar-refractivity contribution in [2.45, 2.75) is 51.9 Å². The van der Waals surface area contributed by atoms with Crippen LogP contribution in [0.1, 0.15) is 43.0 Å². The molecule has 3 rings (SSSR count). The molecule has 0 radical (unpaired) electrons. The summed E-state index contributed by atoms with van der Waals surface area (Å²) in [5, 5.41) is 6.49. The minimum Gasteiger partial charge on any atom is -0.377 e. The molecule has 0 spiro atoms. The van der Waals surface area contributed by atoms with Gasteiger partial charge in [-0.2, -0.15) is 0 Å². The molecule has 31 heavy (non-hydrogen) atoms. The average Bonchev–Trinajstić information content (AvgIpc) is 3.13. The van der Waals surface area contributed by atoms with Crippen LogP contribution in [0.5, 0.6) is 0 Å². The Hall–Kier alpha value is -2.42. The Balaban J connectivity index is 1.61. The highest BCUT2D eigenvalue weighted by Crippen LogP contribution is 2.15. The maximum Gasteiger partial charge on any atom is 0.271 e. The second-order valence-corrected chi connectivity index (χ2v) is 8.47. The molecule has 1 aromatic heterocycles. The minimum atomic E-state index is -0.231. The Kier molecular flexibility index (Phi) is 8.06. The topological polar surface area (TPSA) is 88.5 Å². The summed E-state index contributed by atoms with van der Waals surface area (Å²) in [6, 6.07) is 7.52. The molecule has 1 aliphatic rings. The summed E-state index contributed by atoms with van der Waals surface area (Å²) in [5.74, 6) is 0.0656. The van der Waals surface area contributed by atoms with Crippen LogP contribution in [0.4, 0.5) is 5.69 Å². The van der Waals surface area contributed by atoms with E-state index in [-0.39, 0.29) is 36.7 Å². The first-order chi connectivity index (χ1) is 14.9. The van der Waals surface area contributed by atoms with Crippen LogP contribution in [0.3, 0.4) is 0 Å². The molecule has 2 aromatic rings. The molecule has 1 saturated heterocycles. The smallest absolute Gasteiger partial charge is 0.271 e. The van der Waals surface area contributed by atoms with Crippen molar-refractivity contribution in [3.63, 3.8) is 0 Å². The standard InChI is InChI=1S/C22H30ClN5O3/c1-15(2)27-10-8-18(9-11-27)25-22(30)19-12-28(20(26-19)14-31-3)13-21(29)24-17-6-4-16(23)5-7-17/h4-7,12,15,18H,8-11,13-14H2,1-3H3,(H,24,29)(H,25,30). The van der Waals surface area contributed by atoms with Crippen LogP contribution in [0.15, 0.2) is 30.5 Å². The summed E-state index contributed by atoms with van der Waals surface area (Å²) in [4.78, 5) is 32.0. The lowest BCUT2D eigenvalue weighted by atomic mass is 10.0. The number of carbonyl (C=O) groups excluding carboxylic acids is 2. The van der Waals surface area contributed by atoms with Crippen molar-refractivity contribution in [3.8, 4) is 0 Å². The van der Waals surface area contributed by atoms with Gasteiger partial charge in [0, 0.05) is 49.2 Å². The van der Waals surface area contributed by atoms with Crippen molar-refractivity contribution in [3.05, 3.63) is 47.0 Å². The predicted molar refractivity (Wildman–Crippen MR) is 120 cm³/mol. The number of ether oxygens (including phenoxy) is 1. The minimum absolute atomic E-state index is 0.0222. The van der Waals surface area contributed by atoms with E-state index in [1.807, 2.05) is 0 Å². The third-order valence-corrected chi connectivity index (χ3v) is 5.65. The van der Waals surface area contributed by atoms with E-state index < -0.39 is 0 Å². The van der Waals surface area contributed by atoms with Gasteiger partial charge in [0.25, 0.3) is 5.91 Å². The van der Waals surface area contributed by atoms with Crippen LogP contribution in [0.2, 0.25) is 5.02 Å². The number of hydrogen-bond donors (Lipinski definition) is 2. The van der Waals surface area contributed by atoms with Gasteiger partial charge in [-0.15, -0.1) is 0 Å². The highest BCUT2D eigenvalue weighted by atomic mass is 35.5. The van der Waals surface area contributed by atoms with E-state index in [0.29, 0.717) is 22.6 Å². The number of aromatic nitrogens is 2. The number of likely N-dealkylation sites (tertiary alicyclic amines) is 1. The summed E-state index contributed by atoms with van der Waals surface area (Å²) in [6.45, 7) is 6.54. The lowest BCUT2D eigenvalue weighted by Crippen LogP contribution is -2.46. The number of rotatable bonds is 8. The zero-order valence-electron chi connectivity index (χ0n) is 18.2. The molecule has 168 valence electrons. The zero-order valence-corrected chi connectivity index (χ0v) is 19.0. The van der Waals surface area contributed by atoms with Gasteiger partial charge >= 0.3 is 0 Å². The second kappa shape index (κ2) is 10.7. The van der Waals surface area contributed by atoms with Gasteiger partial charge in [-0.1, -0.05) is 11.6 Å². The molecule has 8 nitrogen and oxygen atoms in total. The predicted octanol–water partition coefficient (Wildman–Crippen LogP) is 2.92. The van der Waals surface area contributed by atoms with Crippen molar-refractivity contribution in [2.75, 3.05) is 25.5 Å². The second-order valence-electron chi connectivity index (χ2n) is 8.04. The number of nitrogens with one attached hydrogen (secondary N) is 2. The quantitative estimate of drug-likeness (QED) is 0.649. The van der Waals surface area contributed by atoms with Crippen LogP contribution in [0.25, 0.3) is 0 Å². The van der Waals surface area contributed by atoms with E-state index in [4.69, 9.17) is 16.3 Å². The summed E-state index contributed by atoms with van der Waals surface area (Å²) in [5.41, 5.74) is 0.936. The van der Waals surface area contributed by atoms with Crippen LogP contribution in [0, 0.1) is 0 Å². The maximum absolute atomic E-state index is 12.8. The lowest BCUT2D eigenvalue weighted by molar-refractivity contribution is -0.116. The molecule has 9 heteroatoms. The largest absolute Gasteiger partial charge is 0.377 e. The number of amides is 2. The van der Waals surface area contributed by atoms with E-state index >= 15 is 0 Å². The van der Waals surface area contributed by atoms with Gasteiger partial charge in [0.2, 0.25) is 5.91 Å². The lowest BCUT2D eigenvalue weighted by Gasteiger charge is -2.34. The van der Waals surface area contributed by atoms with E-state index in [9.17, 15) is 9.59 Å². The van der Waals surface area contributed by atoms with E-state index in [2.05, 4.69) is 34.4 Å². The molecular weight excluding hydrogens is 418 g/mol. The Morgan fingerprint density at radius 3 is 2.52 bits per heavy atom. The summed E-state index contributed by atoms with van der Waals surface area (Å²) >= 11 is 5.88. The number of hydrogen-bond acceptors (Lipinski definition) is 5. The van der Waals surface area contributed by atoms with Crippen molar-refractivity contribution >= 4 is 29.1 Å². The summed E-state index contributed by atoms with van der Waals surface area (Å²) < 4.78 is 6.84. The number of nitrogens with zero attached hydrogens (tertiary/aromatic N) is 3. The summed E-state index contributed by atoms with van der Waals surface area (Å²) in [7, 11) is 1.55. The fraction of sp³-hybridized carbons (Fsp3) is 0.500. The van der Waals surface area contributed by atoms with Gasteiger partial charge in [0.05, 0.1) is 0 Å². The van der Waals surface area contributed by atoms with Crippen molar-refractivity contribution in [2.24, 2.45) is 0 Å². The average molecular weight is 448 g/mol. The molecule has 1 fully saturated rings. The zero-order chi connectivity index (χ0) is 22.4. The molecular formula is C22H30ClN5O3. The SMILES string of the molecule is COCc1nc(C(=O)NC2CCN(C(C)C)CC2)cn1CC(=O)Nc1ccc(Cl)cc1. The maximum atomic E-state index is 12.8. The number of benzene rings is 1. The molecule has 1 aliphatic heterocycles. The van der Waals surface area contributed by atoms with E-state index in [0.717, 1.165) is 25.9 Å². The van der Waals surface area contributed by atoms with Gasteiger partial charge < -0.3 is 24.8 Å². The van der Waals surface area contributed by atoms with Crippen LogP contribution < -0.4 is 10.6 Å². The van der Waals surface area contributed by atoms with Crippen molar-refractivity contribution in [1.29, 1.82) is 0 Å². The highest BCUT2D eigenvalue weighted by Gasteiger charge is 2.24. The van der Waals surface area contributed by atoms with E-state index in [1.165, 1.54) is 0 Å². The Labute approximate surface area is 187 Å². The molecule has 1 aromatic carbocycles. The first-order valence-corrected chi connectivity index (χ1v) is 10.9. The number of methoxy groups -OCH3 is 1. The number of anilines is 1. The number of piperidine rings is 1. The monoisotopic (exact) mass is 447 g/mol. The van der Waals surface area contributed by atoms with Crippen molar-refractivity contribution < 1.29 is 14.3 Å². The Morgan fingerprint density at radius 1 is 1.23 bits per heavy atom. The van der Waals surface area contributed by atoms with E-state index in [1.54, 1.807) is 42.1 Å². The molecule has 0 saturated carbocycles. The molecule has 2 heterocycles. The molecule has 0 bridgehead atoms. The molecule has 0 aliphatic carbocycles. The molecule has 2 amide bonds. The fourth-order valence-corrected chi connectivity index (χ4v) is 3.78. The van der Waals surface area contributed by atoms with Gasteiger partial charge in [0.1, 0.15) is 24.7 Å².